The zero-order valence-electron chi connectivity index (χ0n) is 9.51. The second-order valence-corrected chi connectivity index (χ2v) is 5.41. The van der Waals surface area contributed by atoms with E-state index in [1.165, 1.54) is 0 Å². The smallest absolute Gasteiger partial charge is 0.307 e. The Kier molecular flexibility index (Phi) is 2.33. The van der Waals surface area contributed by atoms with Crippen molar-refractivity contribution >= 4 is 23.3 Å². The molecule has 0 aromatic heterocycles. The van der Waals surface area contributed by atoms with Crippen molar-refractivity contribution < 1.29 is 9.90 Å². The molecule has 2 aliphatic rings. The molecule has 4 atom stereocenters. The molecule has 0 spiro atoms. The summed E-state index contributed by atoms with van der Waals surface area (Å²) in [6.07, 6.45) is 0. The Morgan fingerprint density at radius 2 is 2.29 bits per heavy atom. The van der Waals surface area contributed by atoms with Crippen molar-refractivity contribution in [1.82, 2.24) is 0 Å². The minimum absolute atomic E-state index is 0.125. The lowest BCUT2D eigenvalue weighted by molar-refractivity contribution is -0.139. The molecule has 1 aliphatic heterocycles. The van der Waals surface area contributed by atoms with Crippen LogP contribution < -0.4 is 4.90 Å². The molecule has 1 saturated heterocycles. The van der Waals surface area contributed by atoms with Gasteiger partial charge in [-0.1, -0.05) is 17.7 Å². The molecule has 90 valence electrons. The lowest BCUT2D eigenvalue weighted by Gasteiger charge is -2.27. The van der Waals surface area contributed by atoms with Gasteiger partial charge >= 0.3 is 5.97 Å². The highest BCUT2D eigenvalue weighted by molar-refractivity contribution is 6.30. The summed E-state index contributed by atoms with van der Waals surface area (Å²) < 4.78 is 0. The molecule has 1 aromatic carbocycles. The second kappa shape index (κ2) is 3.64. The molecule has 17 heavy (non-hydrogen) atoms. The van der Waals surface area contributed by atoms with E-state index >= 15 is 0 Å². The summed E-state index contributed by atoms with van der Waals surface area (Å²) in [6.45, 7) is 2.94. The fourth-order valence-corrected chi connectivity index (χ4v) is 3.42. The highest BCUT2D eigenvalue weighted by atomic mass is 35.5. The van der Waals surface area contributed by atoms with Crippen LogP contribution in [0.5, 0.6) is 0 Å². The number of hydrogen-bond acceptors (Lipinski definition) is 2. The van der Waals surface area contributed by atoms with Gasteiger partial charge in [0, 0.05) is 23.3 Å². The van der Waals surface area contributed by atoms with Crippen LogP contribution in [0.25, 0.3) is 0 Å². The van der Waals surface area contributed by atoms with Gasteiger partial charge in [-0.2, -0.15) is 0 Å². The van der Waals surface area contributed by atoms with Crippen LogP contribution in [0, 0.1) is 17.8 Å². The number of halogens is 1. The maximum atomic E-state index is 11.0. The SMILES string of the molecule is CC1[C@@H]2[C@H](CN1c1cccc(Cl)c1)[C@H]2C(=O)O. The van der Waals surface area contributed by atoms with Gasteiger partial charge in [0.15, 0.2) is 0 Å². The molecule has 1 aromatic rings. The number of nitrogens with zero attached hydrogens (tertiary/aromatic N) is 1. The number of carbonyl (C=O) groups is 1. The molecular formula is C13H14ClNO2. The van der Waals surface area contributed by atoms with Crippen LogP contribution in [0.4, 0.5) is 5.69 Å². The van der Waals surface area contributed by atoms with E-state index in [1.54, 1.807) is 0 Å². The average molecular weight is 252 g/mol. The number of carboxylic acids is 1. The van der Waals surface area contributed by atoms with Crippen LogP contribution in [-0.2, 0) is 4.79 Å². The average Bonchev–Trinajstić information content (AvgIpc) is 2.90. The normalized spacial score (nSPS) is 34.6. The Labute approximate surface area is 105 Å². The monoisotopic (exact) mass is 251 g/mol. The van der Waals surface area contributed by atoms with Gasteiger partial charge in [0.05, 0.1) is 5.92 Å². The molecule has 1 heterocycles. The molecule has 1 aliphatic carbocycles. The van der Waals surface area contributed by atoms with Crippen molar-refractivity contribution in [3.8, 4) is 0 Å². The summed E-state index contributed by atoms with van der Waals surface area (Å²) in [5.74, 6) is -0.133. The molecule has 1 unspecified atom stereocenters. The second-order valence-electron chi connectivity index (χ2n) is 4.98. The predicted molar refractivity (Wildman–Crippen MR) is 66.4 cm³/mol. The van der Waals surface area contributed by atoms with E-state index in [0.29, 0.717) is 17.9 Å². The molecule has 0 amide bonds. The molecule has 3 rings (SSSR count). The van der Waals surface area contributed by atoms with Crippen LogP contribution in [0.2, 0.25) is 5.02 Å². The zero-order valence-corrected chi connectivity index (χ0v) is 10.3. The van der Waals surface area contributed by atoms with Gasteiger partial charge in [-0.15, -0.1) is 0 Å². The van der Waals surface area contributed by atoms with Crippen LogP contribution in [-0.4, -0.2) is 23.7 Å². The summed E-state index contributed by atoms with van der Waals surface area (Å²) in [7, 11) is 0. The summed E-state index contributed by atoms with van der Waals surface area (Å²) in [5.41, 5.74) is 1.10. The Balaban J connectivity index is 1.80. The van der Waals surface area contributed by atoms with E-state index in [9.17, 15) is 4.79 Å². The lowest BCUT2D eigenvalue weighted by Crippen LogP contribution is -2.33. The van der Waals surface area contributed by atoms with Gasteiger partial charge in [0.1, 0.15) is 0 Å². The maximum absolute atomic E-state index is 11.0. The summed E-state index contributed by atoms with van der Waals surface area (Å²) >= 11 is 5.98. The van der Waals surface area contributed by atoms with E-state index in [2.05, 4.69) is 11.8 Å². The van der Waals surface area contributed by atoms with Crippen molar-refractivity contribution in [2.75, 3.05) is 11.4 Å². The zero-order chi connectivity index (χ0) is 12.2. The molecule has 3 nitrogen and oxygen atoms in total. The summed E-state index contributed by atoms with van der Waals surface area (Å²) in [6, 6.07) is 8.05. The highest BCUT2D eigenvalue weighted by Crippen LogP contribution is 2.56. The summed E-state index contributed by atoms with van der Waals surface area (Å²) in [4.78, 5) is 13.2. The third-order valence-corrected chi connectivity index (χ3v) is 4.35. The van der Waals surface area contributed by atoms with Crippen LogP contribution in [0.15, 0.2) is 24.3 Å². The van der Waals surface area contributed by atoms with E-state index in [0.717, 1.165) is 17.3 Å². The first-order chi connectivity index (χ1) is 8.09. The first-order valence-corrected chi connectivity index (χ1v) is 6.22. The number of piperidine rings is 1. The molecule has 0 radical (unpaired) electrons. The van der Waals surface area contributed by atoms with Crippen molar-refractivity contribution in [2.24, 2.45) is 17.8 Å². The van der Waals surface area contributed by atoms with E-state index < -0.39 is 5.97 Å². The van der Waals surface area contributed by atoms with Gasteiger partial charge in [-0.25, -0.2) is 0 Å². The van der Waals surface area contributed by atoms with Gasteiger partial charge in [0.2, 0.25) is 0 Å². The standard InChI is InChI=1S/C13H14ClNO2/c1-7-11-10(12(11)13(16)17)6-15(7)9-4-2-3-8(14)5-9/h2-5,7,10-12H,6H2,1H3,(H,16,17)/t7?,10-,11+,12+/m0/s1. The summed E-state index contributed by atoms with van der Waals surface area (Å²) in [5, 5.41) is 9.77. The van der Waals surface area contributed by atoms with Crippen molar-refractivity contribution in [1.29, 1.82) is 0 Å². The third kappa shape index (κ3) is 1.61. The lowest BCUT2D eigenvalue weighted by atomic mass is 10.1. The van der Waals surface area contributed by atoms with Crippen LogP contribution >= 0.6 is 11.6 Å². The molecule has 1 saturated carbocycles. The molecule has 1 N–H and O–H groups in total. The fourth-order valence-electron chi connectivity index (χ4n) is 3.24. The van der Waals surface area contributed by atoms with E-state index in [1.807, 2.05) is 24.3 Å². The first-order valence-electron chi connectivity index (χ1n) is 5.84. The first kappa shape index (κ1) is 10.9. The van der Waals surface area contributed by atoms with Crippen LogP contribution in [0.3, 0.4) is 0 Å². The Morgan fingerprint density at radius 1 is 1.53 bits per heavy atom. The highest BCUT2D eigenvalue weighted by Gasteiger charge is 2.63. The van der Waals surface area contributed by atoms with E-state index in [4.69, 9.17) is 16.7 Å². The number of hydrogen-bond donors (Lipinski definition) is 1. The molecular weight excluding hydrogens is 238 g/mol. The number of anilines is 1. The topological polar surface area (TPSA) is 40.5 Å². The number of benzene rings is 1. The van der Waals surface area contributed by atoms with Gasteiger partial charge < -0.3 is 10.0 Å². The van der Waals surface area contributed by atoms with Gasteiger partial charge in [-0.3, -0.25) is 4.79 Å². The number of carboxylic acid groups (broad SMARTS) is 1. The van der Waals surface area contributed by atoms with Crippen molar-refractivity contribution in [3.63, 3.8) is 0 Å². The Morgan fingerprint density at radius 3 is 2.82 bits per heavy atom. The number of fused-ring (bicyclic) bond motifs is 1. The fraction of sp³-hybridized carbons (Fsp3) is 0.462. The third-order valence-electron chi connectivity index (χ3n) is 4.11. The van der Waals surface area contributed by atoms with Crippen molar-refractivity contribution in [2.45, 2.75) is 13.0 Å². The molecule has 2 fully saturated rings. The Hall–Kier alpha value is -1.22. The number of aliphatic carboxylic acids is 1. The molecule has 0 bridgehead atoms. The van der Waals surface area contributed by atoms with Gasteiger partial charge in [0.25, 0.3) is 0 Å². The number of rotatable bonds is 2. The quantitative estimate of drug-likeness (QED) is 0.878. The largest absolute Gasteiger partial charge is 0.481 e. The Bertz CT molecular complexity index is 476. The minimum atomic E-state index is -0.641. The predicted octanol–water partition coefficient (Wildman–Crippen LogP) is 2.50. The van der Waals surface area contributed by atoms with Crippen molar-refractivity contribution in [3.05, 3.63) is 29.3 Å². The van der Waals surface area contributed by atoms with Gasteiger partial charge in [-0.05, 0) is 37.0 Å². The maximum Gasteiger partial charge on any atom is 0.307 e. The minimum Gasteiger partial charge on any atom is -0.481 e. The molecule has 4 heteroatoms. The van der Waals surface area contributed by atoms with E-state index in [-0.39, 0.29) is 5.92 Å². The van der Waals surface area contributed by atoms with Crippen LogP contribution in [0.1, 0.15) is 6.92 Å².